The highest BCUT2D eigenvalue weighted by molar-refractivity contribution is 6.19. The lowest BCUT2D eigenvalue weighted by atomic mass is 9.95. The predicted octanol–water partition coefficient (Wildman–Crippen LogP) is 1.98. The first-order valence-electron chi connectivity index (χ1n) is 9.16. The fourth-order valence-electron chi connectivity index (χ4n) is 2.23. The van der Waals surface area contributed by atoms with Crippen molar-refractivity contribution in [2.45, 2.75) is 33.5 Å². The van der Waals surface area contributed by atoms with Crippen molar-refractivity contribution < 1.29 is 36.7 Å². The highest BCUT2D eigenvalue weighted by Gasteiger charge is 2.38. The van der Waals surface area contributed by atoms with Gasteiger partial charge in [0.25, 0.3) is 0 Å². The molecule has 176 valence electrons. The molecule has 0 spiro atoms. The van der Waals surface area contributed by atoms with Crippen LogP contribution in [0, 0.1) is 11.2 Å². The predicted molar refractivity (Wildman–Crippen MR) is 108 cm³/mol. The first kappa shape index (κ1) is 26.6. The number of rotatable bonds is 7. The Hall–Kier alpha value is -3.44. The Kier molecular flexibility index (Phi) is 8.52. The van der Waals surface area contributed by atoms with E-state index < -0.39 is 58.4 Å². The molecule has 0 aliphatic carbocycles. The molecule has 5 N–H and O–H groups in total. The van der Waals surface area contributed by atoms with Gasteiger partial charge in [0, 0.05) is 19.0 Å². The van der Waals surface area contributed by atoms with E-state index >= 15 is 0 Å². The number of nitrogens with two attached hydrogens (primary N) is 2. The van der Waals surface area contributed by atoms with Gasteiger partial charge in [-0.15, -0.1) is 0 Å². The number of esters is 1. The number of carbonyl (C=O) groups is 3. The number of Topliss-reactive ketones (excluding diaryl/α,β-unsaturated/α-hetero) is 1. The second-order valence-electron chi connectivity index (χ2n) is 7.64. The standard InChI is InChI=1S/C20H24F4N4O4/c1-19(2,3)18(31)28-8-10-5-6-12(21)11(7-10)13(29)9-32-17(30)14(16(26)27-4)15(25)20(22,23)24/h5-7H,8-9,25H2,1-4H3,(H2,26,27)(H,28,31). The lowest BCUT2D eigenvalue weighted by molar-refractivity contribution is -0.138. The smallest absolute Gasteiger partial charge is 0.431 e. The van der Waals surface area contributed by atoms with Crippen molar-refractivity contribution in [3.8, 4) is 0 Å². The number of allylic oxidation sites excluding steroid dienone is 1. The lowest BCUT2D eigenvalue weighted by Gasteiger charge is -2.17. The Morgan fingerprint density at radius 3 is 2.22 bits per heavy atom. The molecule has 0 saturated heterocycles. The van der Waals surface area contributed by atoms with Crippen LogP contribution in [-0.4, -0.2) is 43.3 Å². The topological polar surface area (TPSA) is 137 Å². The molecule has 1 aromatic carbocycles. The van der Waals surface area contributed by atoms with E-state index in [0.717, 1.165) is 19.2 Å². The van der Waals surface area contributed by atoms with Crippen LogP contribution in [0.5, 0.6) is 0 Å². The van der Waals surface area contributed by atoms with E-state index in [1.807, 2.05) is 0 Å². The number of nitrogens with one attached hydrogen (secondary N) is 1. The minimum atomic E-state index is -5.11. The van der Waals surface area contributed by atoms with Gasteiger partial charge < -0.3 is 21.5 Å². The summed E-state index contributed by atoms with van der Waals surface area (Å²) in [6, 6.07) is 3.45. The number of alkyl halides is 3. The van der Waals surface area contributed by atoms with Crippen molar-refractivity contribution in [1.82, 2.24) is 5.32 Å². The second-order valence-corrected chi connectivity index (χ2v) is 7.64. The van der Waals surface area contributed by atoms with Gasteiger partial charge in [-0.2, -0.15) is 13.2 Å². The van der Waals surface area contributed by atoms with Crippen LogP contribution in [0.2, 0.25) is 0 Å². The third kappa shape index (κ3) is 7.06. The number of benzene rings is 1. The van der Waals surface area contributed by atoms with Gasteiger partial charge >= 0.3 is 12.1 Å². The Bertz CT molecular complexity index is 963. The second kappa shape index (κ2) is 10.2. The summed E-state index contributed by atoms with van der Waals surface area (Å²) in [5, 5.41) is 2.62. The molecular weight excluding hydrogens is 436 g/mol. The SMILES string of the molecule is CN=C(N)C(C(=O)OCC(=O)c1cc(CNC(=O)C(C)(C)C)ccc1F)=C(N)C(F)(F)F. The average molecular weight is 460 g/mol. The molecule has 1 rings (SSSR count). The van der Waals surface area contributed by atoms with Crippen LogP contribution in [0.15, 0.2) is 34.5 Å². The molecular formula is C20H24F4N4O4. The first-order chi connectivity index (χ1) is 14.6. The maximum Gasteiger partial charge on any atom is 0.431 e. The van der Waals surface area contributed by atoms with Gasteiger partial charge in [-0.1, -0.05) is 26.8 Å². The van der Waals surface area contributed by atoms with Crippen molar-refractivity contribution in [3.05, 3.63) is 46.4 Å². The minimum absolute atomic E-state index is 0.00501. The molecule has 8 nitrogen and oxygen atoms in total. The summed E-state index contributed by atoms with van der Waals surface area (Å²) in [5.41, 5.74) is 6.36. The normalized spacial score (nSPS) is 13.3. The molecule has 0 heterocycles. The van der Waals surface area contributed by atoms with E-state index in [2.05, 4.69) is 15.0 Å². The molecule has 0 saturated carbocycles. The van der Waals surface area contributed by atoms with Gasteiger partial charge in [0.2, 0.25) is 11.7 Å². The van der Waals surface area contributed by atoms with E-state index in [4.69, 9.17) is 11.5 Å². The molecule has 0 aliphatic heterocycles. The summed E-state index contributed by atoms with van der Waals surface area (Å²) in [4.78, 5) is 39.6. The van der Waals surface area contributed by atoms with Crippen LogP contribution < -0.4 is 16.8 Å². The van der Waals surface area contributed by atoms with E-state index in [-0.39, 0.29) is 12.5 Å². The summed E-state index contributed by atoms with van der Waals surface area (Å²) in [6.45, 7) is 4.00. The summed E-state index contributed by atoms with van der Waals surface area (Å²) < 4.78 is 57.3. The van der Waals surface area contributed by atoms with Crippen molar-refractivity contribution in [1.29, 1.82) is 0 Å². The number of hydrogen-bond acceptors (Lipinski definition) is 6. The Balaban J connectivity index is 3.01. The van der Waals surface area contributed by atoms with Crippen LogP contribution in [-0.2, 0) is 20.9 Å². The maximum absolute atomic E-state index is 14.1. The molecule has 0 atom stereocenters. The van der Waals surface area contributed by atoms with Crippen molar-refractivity contribution >= 4 is 23.5 Å². The molecule has 0 unspecified atom stereocenters. The zero-order chi connectivity index (χ0) is 24.9. The maximum atomic E-state index is 14.1. The van der Waals surface area contributed by atoms with Crippen LogP contribution in [0.25, 0.3) is 0 Å². The van der Waals surface area contributed by atoms with Crippen LogP contribution in [0.3, 0.4) is 0 Å². The third-order valence-electron chi connectivity index (χ3n) is 4.08. The van der Waals surface area contributed by atoms with Crippen LogP contribution in [0.1, 0.15) is 36.7 Å². The van der Waals surface area contributed by atoms with Gasteiger partial charge in [-0.3, -0.25) is 14.6 Å². The third-order valence-corrected chi connectivity index (χ3v) is 4.08. The van der Waals surface area contributed by atoms with Crippen LogP contribution in [0.4, 0.5) is 17.6 Å². The molecule has 0 aliphatic rings. The number of carbonyl (C=O) groups excluding carboxylic acids is 3. The molecule has 1 amide bonds. The zero-order valence-electron chi connectivity index (χ0n) is 17.9. The van der Waals surface area contributed by atoms with E-state index in [0.29, 0.717) is 5.56 Å². The minimum Gasteiger partial charge on any atom is -0.454 e. The number of halogens is 4. The summed E-state index contributed by atoms with van der Waals surface area (Å²) in [5.74, 6) is -4.75. The summed E-state index contributed by atoms with van der Waals surface area (Å²) >= 11 is 0. The van der Waals surface area contributed by atoms with E-state index in [1.165, 1.54) is 6.07 Å². The molecule has 12 heteroatoms. The monoisotopic (exact) mass is 460 g/mol. The molecule has 1 aromatic rings. The Morgan fingerprint density at radius 2 is 1.72 bits per heavy atom. The summed E-state index contributed by atoms with van der Waals surface area (Å²) in [7, 11) is 1.02. The van der Waals surface area contributed by atoms with E-state index in [9.17, 15) is 31.9 Å². The molecule has 0 aromatic heterocycles. The van der Waals surface area contributed by atoms with Crippen molar-refractivity contribution in [2.24, 2.45) is 21.9 Å². The number of aliphatic imine (C=N–C) groups is 1. The first-order valence-corrected chi connectivity index (χ1v) is 9.16. The number of nitrogens with zero attached hydrogens (tertiary/aromatic N) is 1. The van der Waals surface area contributed by atoms with Gasteiger partial charge in [0.15, 0.2) is 6.61 Å². The van der Waals surface area contributed by atoms with Crippen molar-refractivity contribution in [2.75, 3.05) is 13.7 Å². The Morgan fingerprint density at radius 1 is 1.12 bits per heavy atom. The van der Waals surface area contributed by atoms with Gasteiger partial charge in [0.1, 0.15) is 22.9 Å². The van der Waals surface area contributed by atoms with Crippen molar-refractivity contribution in [3.63, 3.8) is 0 Å². The number of ketones is 1. The largest absolute Gasteiger partial charge is 0.454 e. The zero-order valence-corrected chi connectivity index (χ0v) is 17.9. The van der Waals surface area contributed by atoms with Crippen LogP contribution >= 0.6 is 0 Å². The quantitative estimate of drug-likeness (QED) is 0.142. The molecule has 0 bridgehead atoms. The highest BCUT2D eigenvalue weighted by Crippen LogP contribution is 2.25. The number of ether oxygens (including phenoxy) is 1. The number of amidine groups is 1. The molecule has 0 radical (unpaired) electrons. The molecule has 32 heavy (non-hydrogen) atoms. The van der Waals surface area contributed by atoms with Gasteiger partial charge in [-0.05, 0) is 17.7 Å². The highest BCUT2D eigenvalue weighted by atomic mass is 19.4. The fraction of sp³-hybridized carbons (Fsp3) is 0.400. The summed E-state index contributed by atoms with van der Waals surface area (Å²) in [6.07, 6.45) is -5.11. The number of hydrogen-bond donors (Lipinski definition) is 3. The van der Waals surface area contributed by atoms with Gasteiger partial charge in [0.05, 0.1) is 5.56 Å². The molecule has 0 fully saturated rings. The number of amides is 1. The average Bonchev–Trinajstić information content (AvgIpc) is 2.69. The lowest BCUT2D eigenvalue weighted by Crippen LogP contribution is -2.34. The van der Waals surface area contributed by atoms with E-state index in [1.54, 1.807) is 20.8 Å². The fourth-order valence-corrected chi connectivity index (χ4v) is 2.23. The van der Waals surface area contributed by atoms with Gasteiger partial charge in [-0.25, -0.2) is 9.18 Å². The Labute approximate surface area is 181 Å².